The van der Waals surface area contributed by atoms with E-state index in [1.54, 1.807) is 127 Å². The number of aliphatic hydroxyl groups excluding tert-OH is 1. The highest BCUT2D eigenvalue weighted by molar-refractivity contribution is 8.00. The van der Waals surface area contributed by atoms with Crippen molar-refractivity contribution < 1.29 is 111 Å². The second kappa shape index (κ2) is 52.2. The first-order valence-corrected chi connectivity index (χ1v) is 45.1. The van der Waals surface area contributed by atoms with Gasteiger partial charge >= 0.3 is 11.9 Å². The molecule has 6 aromatic rings. The smallest absolute Gasteiger partial charge is 0.341 e. The van der Waals surface area contributed by atoms with Gasteiger partial charge in [0, 0.05) is 62.6 Å². The molecule has 135 heavy (non-hydrogen) atoms. The number of carboxylic acid groups (broad SMARTS) is 2. The average molecular weight is 1890 g/mol. The van der Waals surface area contributed by atoms with Crippen molar-refractivity contribution >= 4 is 135 Å². The molecule has 0 aliphatic carbocycles. The number of nitrogens with two attached hydrogens (primary N) is 2. The fourth-order valence-electron chi connectivity index (χ4n) is 14.5. The van der Waals surface area contributed by atoms with Crippen molar-refractivity contribution in [1.82, 2.24) is 83.9 Å². The van der Waals surface area contributed by atoms with E-state index in [9.17, 15) is 77.6 Å². The van der Waals surface area contributed by atoms with E-state index in [4.69, 9.17) is 16.2 Å². The van der Waals surface area contributed by atoms with E-state index in [0.29, 0.717) is 39.4 Å². The molecule has 21 N–H and O–H groups in total. The fourth-order valence-corrected chi connectivity index (χ4v) is 15.4. The number of thioether (sulfide) groups is 1. The van der Waals surface area contributed by atoms with Crippen LogP contribution in [0.25, 0.3) is 22.0 Å². The monoisotopic (exact) mass is 1890 g/mol. The number of nitrogens with one attached hydrogen (secondary N) is 14. The van der Waals surface area contributed by atoms with Gasteiger partial charge in [0.25, 0.3) is 0 Å². The molecule has 1 aliphatic rings. The standard InChI is InChI=1S/C93H122N18O23S/c1-49(2)34-63-82(122)103-67(37-55-26-30-58(31-27-55)57-22-16-13-17-23-57)89(129)109-80(52(7)8)93(133)111(11)53(9)92(132)110(10)44-75(115)98-69(40-73(94)113)86(126)101-64(35-50(3)4)88(128)108-79(51(5)6)91(131)106-71(45-112)90(130)107-72(81(121)97-43-74(95)114)47-135-48-76(116)99-65(36-54-20-14-12-15-21-54)83(123)102-66(38-56-28-32-60(33-29-56)134-46-78(119)120)84(124)105-70(41-77(117)118)87(127)104-68(85(125)100-63)39-59-42-96-62-25-19-18-24-61(59)62/h12-33,42,49-53,63-72,79-80,96,112H,34-41,43-48H2,1-11H3,(H2,94,113)(H2,95,114)(H,97,121)(H,98,115)(H,99,116)(H,100,125)(H,101,126)(H,102,123)(H,103,122)(H,104,127)(H,105,124)(H,106,131)(H,107,130)(H,108,128)(H,109,129)(H,117,118)(H,119,120)/t53-,63-,64-,65-,66-,67-,68-,69-,70-,71-,72-,79-,80-/m0/s1. The van der Waals surface area contributed by atoms with Crippen LogP contribution in [0, 0.1) is 23.7 Å². The first-order valence-electron chi connectivity index (χ1n) is 43.9. The van der Waals surface area contributed by atoms with Gasteiger partial charge in [0.05, 0.1) is 38.3 Å². The Balaban J connectivity index is 1.32. The number of hydrogen-bond acceptors (Lipinski definition) is 22. The van der Waals surface area contributed by atoms with E-state index in [0.717, 1.165) is 20.9 Å². The minimum Gasteiger partial charge on any atom is -0.482 e. The lowest BCUT2D eigenvalue weighted by Crippen LogP contribution is -2.61. The Bertz CT molecular complexity index is 5200. The summed E-state index contributed by atoms with van der Waals surface area (Å²) in [6.07, 6.45) is -2.15. The van der Waals surface area contributed by atoms with E-state index in [1.807, 2.05) is 30.3 Å². The predicted octanol–water partition coefficient (Wildman–Crippen LogP) is -1.21. The Hall–Kier alpha value is -14.3. The van der Waals surface area contributed by atoms with Gasteiger partial charge in [-0.1, -0.05) is 171 Å². The number of aliphatic hydroxyl groups is 1. The van der Waals surface area contributed by atoms with Crippen LogP contribution in [0.2, 0.25) is 0 Å². The number of carbonyl (C=O) groups is 19. The van der Waals surface area contributed by atoms with Crippen molar-refractivity contribution in [2.45, 2.75) is 192 Å². The number of aromatic nitrogens is 1. The molecule has 728 valence electrons. The molecule has 0 radical (unpaired) electrons. The van der Waals surface area contributed by atoms with E-state index in [-0.39, 0.29) is 49.3 Å². The number of fused-ring (bicyclic) bond motifs is 1. The van der Waals surface area contributed by atoms with Crippen LogP contribution in [0.15, 0.2) is 140 Å². The van der Waals surface area contributed by atoms with Crippen molar-refractivity contribution in [2.24, 2.45) is 35.1 Å². The number of aromatic amines is 1. The number of benzene rings is 5. The Kier molecular flexibility index (Phi) is 41.7. The van der Waals surface area contributed by atoms with Gasteiger partial charge in [-0.25, -0.2) is 4.79 Å². The molecule has 42 heteroatoms. The molecule has 1 aromatic heterocycles. The fraction of sp³-hybridized carbons (Fsp3) is 0.452. The molecule has 5 aromatic carbocycles. The summed E-state index contributed by atoms with van der Waals surface area (Å²) < 4.78 is 5.32. The van der Waals surface area contributed by atoms with Crippen molar-refractivity contribution in [3.8, 4) is 16.9 Å². The molecular formula is C93H122N18O23S. The highest BCUT2D eigenvalue weighted by Crippen LogP contribution is 2.24. The second-order valence-corrected chi connectivity index (χ2v) is 35.5. The lowest BCUT2D eigenvalue weighted by Gasteiger charge is -2.33. The first-order chi connectivity index (χ1) is 63.9. The summed E-state index contributed by atoms with van der Waals surface area (Å²) in [7, 11) is 2.46. The number of primary amides is 2. The van der Waals surface area contributed by atoms with Gasteiger partial charge in [-0.15, -0.1) is 11.8 Å². The van der Waals surface area contributed by atoms with E-state index in [2.05, 4.69) is 74.1 Å². The second-order valence-electron chi connectivity index (χ2n) is 34.5. The van der Waals surface area contributed by atoms with Gasteiger partial charge in [-0.05, 0) is 95.0 Å². The summed E-state index contributed by atoms with van der Waals surface area (Å²) in [6, 6.07) is 15.1. The maximum Gasteiger partial charge on any atom is 0.341 e. The largest absolute Gasteiger partial charge is 0.482 e. The number of para-hydroxylation sites is 1. The van der Waals surface area contributed by atoms with Crippen molar-refractivity contribution in [1.29, 1.82) is 0 Å². The Morgan fingerprint density at radius 2 is 0.881 bits per heavy atom. The number of ether oxygens (including phenoxy) is 1. The van der Waals surface area contributed by atoms with Crippen LogP contribution in [-0.4, -0.2) is 273 Å². The van der Waals surface area contributed by atoms with Crippen LogP contribution >= 0.6 is 11.8 Å². The van der Waals surface area contributed by atoms with Gasteiger partial charge in [0.15, 0.2) is 6.61 Å². The summed E-state index contributed by atoms with van der Waals surface area (Å²) in [5.74, 6) is -24.1. The number of carboxylic acids is 2. The van der Waals surface area contributed by atoms with Gasteiger partial charge in [-0.2, -0.15) is 0 Å². The third kappa shape index (κ3) is 34.3. The number of carbonyl (C=O) groups excluding carboxylic acids is 17. The lowest BCUT2D eigenvalue weighted by molar-refractivity contribution is -0.147. The van der Waals surface area contributed by atoms with E-state index in [1.165, 1.54) is 59.1 Å². The molecule has 13 atom stereocenters. The number of H-pyrrole nitrogens is 1. The quantitative estimate of drug-likeness (QED) is 0.0303. The zero-order chi connectivity index (χ0) is 99.6. The van der Waals surface area contributed by atoms with Gasteiger partial charge < -0.3 is 115 Å². The normalized spacial score (nSPS) is 22.6. The maximum atomic E-state index is 15.5. The SMILES string of the molecule is CC(C)C[C@@H]1NC(=O)[C@H](Cc2c[nH]c3ccccc23)NC(=O)[C@H](CC(=O)O)NC(=O)[C@H](Cc2ccc(OCC(=O)O)cc2)NC(=O)[C@H](Cc2ccccc2)NC(=O)CSC[C@@H](C(=O)NCC(N)=O)NC(=O)[C@H](CO)NC(=O)[C@H](C(C)C)NC(=O)[C@H](CC(C)C)NC(=O)[C@H](CC(N)=O)NC(=O)CN(C)C(=O)[C@H](C)N(C)C(=O)[C@H](C(C)C)NC(=O)[C@H](Cc2ccc(-c3ccccc3)cc2)NC1=O. The van der Waals surface area contributed by atoms with Gasteiger partial charge in [-0.3, -0.25) is 86.3 Å². The van der Waals surface area contributed by atoms with E-state index < -0.39 is 266 Å². The Morgan fingerprint density at radius 1 is 0.452 bits per heavy atom. The molecule has 0 spiro atoms. The molecule has 1 fully saturated rings. The topological polar surface area (TPSA) is 625 Å². The minimum atomic E-state index is -2.10. The third-order valence-electron chi connectivity index (χ3n) is 21.8. The van der Waals surface area contributed by atoms with Crippen LogP contribution < -0.4 is 85.3 Å². The number of hydrogen-bond donors (Lipinski definition) is 19. The number of rotatable bonds is 26. The van der Waals surface area contributed by atoms with Crippen LogP contribution in [0.5, 0.6) is 5.75 Å². The van der Waals surface area contributed by atoms with Crippen molar-refractivity contribution in [3.05, 3.63) is 162 Å². The summed E-state index contributed by atoms with van der Waals surface area (Å²) in [4.78, 5) is 275. The summed E-state index contributed by atoms with van der Waals surface area (Å²) in [5.41, 5.74) is 14.8. The molecule has 0 bridgehead atoms. The van der Waals surface area contributed by atoms with E-state index >= 15 is 28.8 Å². The summed E-state index contributed by atoms with van der Waals surface area (Å²) in [6.45, 7) is 10.9. The molecule has 2 heterocycles. The summed E-state index contributed by atoms with van der Waals surface area (Å²) in [5, 5.41) is 64.1. The number of amides is 17. The Morgan fingerprint density at radius 3 is 1.40 bits per heavy atom. The maximum absolute atomic E-state index is 15.5. The van der Waals surface area contributed by atoms with Crippen LogP contribution in [0.3, 0.4) is 0 Å². The molecule has 0 unspecified atom stereocenters. The number of likely N-dealkylation sites (N-methyl/N-ethyl adjacent to an activating group) is 2. The number of aliphatic carboxylic acids is 2. The highest BCUT2D eigenvalue weighted by Gasteiger charge is 2.41. The summed E-state index contributed by atoms with van der Waals surface area (Å²) >= 11 is 0.684. The molecule has 1 aliphatic heterocycles. The highest BCUT2D eigenvalue weighted by atomic mass is 32.2. The Labute approximate surface area is 784 Å². The number of nitrogens with zero attached hydrogens (tertiary/aromatic N) is 2. The molecular weight excluding hydrogens is 1770 g/mol. The van der Waals surface area contributed by atoms with Crippen LogP contribution in [0.1, 0.15) is 110 Å². The van der Waals surface area contributed by atoms with Crippen LogP contribution in [0.4, 0.5) is 0 Å². The van der Waals surface area contributed by atoms with Crippen molar-refractivity contribution in [2.75, 3.05) is 51.9 Å². The van der Waals surface area contributed by atoms with Crippen LogP contribution in [-0.2, 0) is 117 Å². The van der Waals surface area contributed by atoms with Crippen molar-refractivity contribution in [3.63, 3.8) is 0 Å². The molecule has 7 rings (SSSR count). The zero-order valence-electron chi connectivity index (χ0n) is 77.0. The van der Waals surface area contributed by atoms with Gasteiger partial charge in [0.2, 0.25) is 100 Å². The molecule has 17 amide bonds. The first kappa shape index (κ1) is 108. The average Bonchev–Trinajstić information content (AvgIpc) is 1.70. The predicted molar refractivity (Wildman–Crippen MR) is 495 cm³/mol. The third-order valence-corrected chi connectivity index (χ3v) is 22.9. The lowest BCUT2D eigenvalue weighted by atomic mass is 9.97. The molecule has 0 saturated carbocycles. The molecule has 41 nitrogen and oxygen atoms in total. The van der Waals surface area contributed by atoms with Gasteiger partial charge in [0.1, 0.15) is 84.3 Å². The zero-order valence-corrected chi connectivity index (χ0v) is 77.8. The molecule has 1 saturated heterocycles. The minimum absolute atomic E-state index is 0.0621.